The van der Waals surface area contributed by atoms with Crippen LogP contribution in [0, 0.1) is 6.92 Å². The van der Waals surface area contributed by atoms with Crippen LogP contribution < -0.4 is 0 Å². The van der Waals surface area contributed by atoms with Gasteiger partial charge >= 0.3 is 6.18 Å². The van der Waals surface area contributed by atoms with Crippen LogP contribution in [0.3, 0.4) is 0 Å². The van der Waals surface area contributed by atoms with Crippen LogP contribution in [0.1, 0.15) is 18.4 Å². The van der Waals surface area contributed by atoms with Crippen LogP contribution >= 0.6 is 0 Å². The van der Waals surface area contributed by atoms with Crippen LogP contribution in [0.4, 0.5) is 13.2 Å². The summed E-state index contributed by atoms with van der Waals surface area (Å²) in [5.74, 6) is 0.792. The number of fused-ring (bicyclic) bond motifs is 2. The number of hydrogen-bond acceptors (Lipinski definition) is 5. The molecule has 30 heavy (non-hydrogen) atoms. The lowest BCUT2D eigenvalue weighted by Gasteiger charge is -2.11. The zero-order chi connectivity index (χ0) is 22.0. The summed E-state index contributed by atoms with van der Waals surface area (Å²) in [5.41, 5.74) is 0.873. The van der Waals surface area contributed by atoms with Gasteiger partial charge in [0.05, 0.1) is 38.9 Å². The molecular formula is C19H18F3N5O2S. The molecule has 7 nitrogen and oxygen atoms in total. The first kappa shape index (κ1) is 20.3. The van der Waals surface area contributed by atoms with Gasteiger partial charge in [-0.2, -0.15) is 13.2 Å². The molecule has 3 aromatic heterocycles. The average Bonchev–Trinajstić information content (AvgIpc) is 3.16. The largest absolute Gasteiger partial charge is 0.433 e. The van der Waals surface area contributed by atoms with Crippen molar-refractivity contribution >= 4 is 31.9 Å². The molecule has 4 rings (SSSR count). The summed E-state index contributed by atoms with van der Waals surface area (Å²) in [5, 5.41) is 0. The molecule has 0 aliphatic carbocycles. The number of imidazole rings is 2. The molecule has 0 bridgehead atoms. The van der Waals surface area contributed by atoms with Crippen LogP contribution in [0.5, 0.6) is 0 Å². The van der Waals surface area contributed by atoms with E-state index in [4.69, 9.17) is 0 Å². The number of hydrogen-bond donors (Lipinski definition) is 0. The minimum absolute atomic E-state index is 0.0583. The zero-order valence-electron chi connectivity index (χ0n) is 16.6. The Hall–Kier alpha value is -2.95. The van der Waals surface area contributed by atoms with Crippen molar-refractivity contribution in [2.75, 3.05) is 5.75 Å². The third kappa shape index (κ3) is 3.04. The molecule has 0 spiro atoms. The number of aryl methyl sites for hydroxylation is 3. The van der Waals surface area contributed by atoms with Crippen LogP contribution in [-0.2, 0) is 30.1 Å². The molecule has 0 saturated heterocycles. The predicted molar refractivity (Wildman–Crippen MR) is 106 cm³/mol. The van der Waals surface area contributed by atoms with Gasteiger partial charge < -0.3 is 9.13 Å². The van der Waals surface area contributed by atoms with Gasteiger partial charge in [-0.25, -0.2) is 23.4 Å². The highest BCUT2D eigenvalue weighted by atomic mass is 32.2. The molecular weight excluding hydrogens is 419 g/mol. The van der Waals surface area contributed by atoms with Gasteiger partial charge in [-0.3, -0.25) is 0 Å². The fraction of sp³-hybridized carbons (Fsp3) is 0.316. The maximum absolute atomic E-state index is 13.0. The third-order valence-corrected chi connectivity index (χ3v) is 6.99. The van der Waals surface area contributed by atoms with E-state index in [0.717, 1.165) is 12.3 Å². The lowest BCUT2D eigenvalue weighted by atomic mass is 10.2. The highest BCUT2D eigenvalue weighted by molar-refractivity contribution is 7.91. The fourth-order valence-corrected chi connectivity index (χ4v) is 4.50. The molecule has 0 amide bonds. The van der Waals surface area contributed by atoms with Gasteiger partial charge in [0.2, 0.25) is 0 Å². The molecule has 4 aromatic rings. The second-order valence-corrected chi connectivity index (χ2v) is 9.26. The first-order valence-electron chi connectivity index (χ1n) is 9.04. The summed E-state index contributed by atoms with van der Waals surface area (Å²) < 4.78 is 68.1. The molecule has 0 saturated carbocycles. The van der Waals surface area contributed by atoms with Crippen LogP contribution in [0.15, 0.2) is 29.3 Å². The molecule has 0 aliphatic rings. The lowest BCUT2D eigenvalue weighted by molar-refractivity contribution is -0.141. The Kier molecular flexibility index (Phi) is 4.42. The fourth-order valence-electron chi connectivity index (χ4n) is 3.41. The first-order chi connectivity index (χ1) is 13.9. The molecule has 11 heteroatoms. The monoisotopic (exact) mass is 437 g/mol. The van der Waals surface area contributed by atoms with Gasteiger partial charge in [0, 0.05) is 19.7 Å². The number of aromatic nitrogens is 5. The number of sulfone groups is 1. The Morgan fingerprint density at radius 2 is 1.67 bits per heavy atom. The van der Waals surface area contributed by atoms with E-state index in [1.54, 1.807) is 37.7 Å². The van der Waals surface area contributed by atoms with Crippen LogP contribution in [0.25, 0.3) is 33.5 Å². The number of halogens is 3. The summed E-state index contributed by atoms with van der Waals surface area (Å²) >= 11 is 0. The maximum atomic E-state index is 13.0. The topological polar surface area (TPSA) is 82.7 Å². The number of benzene rings is 1. The molecule has 0 atom stereocenters. The summed E-state index contributed by atoms with van der Waals surface area (Å²) in [7, 11) is -0.261. The first-order valence-corrected chi connectivity index (χ1v) is 10.7. The van der Waals surface area contributed by atoms with Crippen molar-refractivity contribution in [2.24, 2.45) is 14.1 Å². The highest BCUT2D eigenvalue weighted by Gasteiger charge is 2.33. The van der Waals surface area contributed by atoms with Gasteiger partial charge in [-0.05, 0) is 25.1 Å². The van der Waals surface area contributed by atoms with Gasteiger partial charge in [0.15, 0.2) is 9.84 Å². The van der Waals surface area contributed by atoms with Crippen molar-refractivity contribution < 1.29 is 21.6 Å². The van der Waals surface area contributed by atoms with E-state index >= 15 is 0 Å². The number of nitrogens with zero attached hydrogens (tertiary/aromatic N) is 5. The van der Waals surface area contributed by atoms with E-state index in [9.17, 15) is 21.6 Å². The standard InChI is InChI=1S/C19H18F3N5O2S/c1-5-30(28,29)16-8-14-12(24-10(2)26(14)3)6-11(16)18-25-13-7-17(19(20,21)22)23-9-15(13)27(18)4/h6-9H,5H2,1-4H3. The van der Waals surface area contributed by atoms with Gasteiger partial charge in [0.1, 0.15) is 17.3 Å². The zero-order valence-corrected chi connectivity index (χ0v) is 17.4. The Balaban J connectivity index is 2.06. The molecule has 0 N–H and O–H groups in total. The Morgan fingerprint density at radius 3 is 2.30 bits per heavy atom. The van der Waals surface area contributed by atoms with Gasteiger partial charge in [0.25, 0.3) is 0 Å². The van der Waals surface area contributed by atoms with Crippen molar-refractivity contribution in [3.8, 4) is 11.4 Å². The minimum atomic E-state index is -4.60. The number of rotatable bonds is 3. The summed E-state index contributed by atoms with van der Waals surface area (Å²) in [6.07, 6.45) is -3.51. The molecule has 3 heterocycles. The van der Waals surface area contributed by atoms with E-state index in [1.807, 2.05) is 0 Å². The highest BCUT2D eigenvalue weighted by Crippen LogP contribution is 2.35. The number of alkyl halides is 3. The van der Waals surface area contributed by atoms with E-state index in [1.165, 1.54) is 11.5 Å². The van der Waals surface area contributed by atoms with Crippen molar-refractivity contribution in [1.82, 2.24) is 24.1 Å². The Bertz CT molecular complexity index is 1420. The summed E-state index contributed by atoms with van der Waals surface area (Å²) in [6.45, 7) is 3.33. The SMILES string of the molecule is CCS(=O)(=O)c1cc2c(cc1-c1nc3cc(C(F)(F)F)ncc3n1C)nc(C)n2C. The molecule has 1 aromatic carbocycles. The van der Waals surface area contributed by atoms with Crippen LogP contribution in [0.2, 0.25) is 0 Å². The molecule has 0 fully saturated rings. The van der Waals surface area contributed by atoms with E-state index in [-0.39, 0.29) is 27.6 Å². The van der Waals surface area contributed by atoms with Crippen molar-refractivity contribution in [2.45, 2.75) is 24.9 Å². The number of pyridine rings is 1. The normalized spacial score (nSPS) is 12.9. The lowest BCUT2D eigenvalue weighted by Crippen LogP contribution is -2.08. The van der Waals surface area contributed by atoms with Crippen molar-refractivity contribution in [3.05, 3.63) is 35.9 Å². The van der Waals surface area contributed by atoms with Crippen LogP contribution in [-0.4, -0.2) is 38.3 Å². The second-order valence-electron chi connectivity index (χ2n) is 7.01. The molecule has 0 radical (unpaired) electrons. The van der Waals surface area contributed by atoms with Gasteiger partial charge in [-0.15, -0.1) is 0 Å². The third-order valence-electron chi connectivity index (χ3n) is 5.22. The molecule has 158 valence electrons. The quantitative estimate of drug-likeness (QED) is 0.489. The van der Waals surface area contributed by atoms with Crippen molar-refractivity contribution in [3.63, 3.8) is 0 Å². The molecule has 0 aliphatic heterocycles. The maximum Gasteiger partial charge on any atom is 0.433 e. The van der Waals surface area contributed by atoms with Crippen molar-refractivity contribution in [1.29, 1.82) is 0 Å². The Morgan fingerprint density at radius 1 is 1.00 bits per heavy atom. The van der Waals surface area contributed by atoms with Gasteiger partial charge in [-0.1, -0.05) is 6.92 Å². The predicted octanol–water partition coefficient (Wildman–Crippen LogP) is 3.64. The smallest absolute Gasteiger partial charge is 0.331 e. The summed E-state index contributed by atoms with van der Waals surface area (Å²) in [4.78, 5) is 12.3. The van der Waals surface area contributed by atoms with E-state index < -0.39 is 21.7 Å². The average molecular weight is 437 g/mol. The van der Waals surface area contributed by atoms with E-state index in [2.05, 4.69) is 15.0 Å². The minimum Gasteiger partial charge on any atom is -0.331 e. The molecule has 0 unspecified atom stereocenters. The van der Waals surface area contributed by atoms with E-state index in [0.29, 0.717) is 22.4 Å². The second kappa shape index (κ2) is 6.53. The Labute approximate surface area is 170 Å². The summed E-state index contributed by atoms with van der Waals surface area (Å²) in [6, 6.07) is 4.02.